The minimum absolute atomic E-state index is 0.341. The molecule has 0 bridgehead atoms. The first kappa shape index (κ1) is 11.7. The van der Waals surface area contributed by atoms with Gasteiger partial charge in [0.25, 0.3) is 0 Å². The highest BCUT2D eigenvalue weighted by molar-refractivity contribution is 5.68. The SMILES string of the molecule is CCC(O)CNc1ccc(OC)cc1N. The Morgan fingerprint density at radius 3 is 2.80 bits per heavy atom. The summed E-state index contributed by atoms with van der Waals surface area (Å²) in [7, 11) is 1.60. The highest BCUT2D eigenvalue weighted by atomic mass is 16.5. The van der Waals surface area contributed by atoms with Crippen LogP contribution in [0.25, 0.3) is 0 Å². The van der Waals surface area contributed by atoms with Crippen molar-refractivity contribution in [2.24, 2.45) is 0 Å². The van der Waals surface area contributed by atoms with Crippen LogP contribution in [0.2, 0.25) is 0 Å². The molecule has 0 radical (unpaired) electrons. The van der Waals surface area contributed by atoms with Gasteiger partial charge in [-0.1, -0.05) is 6.92 Å². The summed E-state index contributed by atoms with van der Waals surface area (Å²) in [5.74, 6) is 0.731. The molecule has 0 aromatic heterocycles. The second kappa shape index (κ2) is 5.46. The third kappa shape index (κ3) is 3.32. The summed E-state index contributed by atoms with van der Waals surface area (Å²) in [6, 6.07) is 5.42. The highest BCUT2D eigenvalue weighted by Gasteiger charge is 2.03. The van der Waals surface area contributed by atoms with E-state index in [4.69, 9.17) is 10.5 Å². The normalized spacial score (nSPS) is 12.2. The number of hydrogen-bond donors (Lipinski definition) is 3. The van der Waals surface area contributed by atoms with E-state index in [1.54, 1.807) is 13.2 Å². The molecule has 0 aliphatic rings. The molecule has 84 valence electrons. The lowest BCUT2D eigenvalue weighted by Gasteiger charge is -2.13. The zero-order valence-electron chi connectivity index (χ0n) is 9.16. The van der Waals surface area contributed by atoms with Gasteiger partial charge in [-0.05, 0) is 18.6 Å². The zero-order chi connectivity index (χ0) is 11.3. The van der Waals surface area contributed by atoms with E-state index in [0.29, 0.717) is 12.2 Å². The average Bonchev–Trinajstić information content (AvgIpc) is 2.26. The predicted molar refractivity (Wildman–Crippen MR) is 62.2 cm³/mol. The van der Waals surface area contributed by atoms with Crippen LogP contribution in [0.1, 0.15) is 13.3 Å². The molecule has 4 N–H and O–H groups in total. The molecule has 0 spiro atoms. The molecule has 0 aliphatic heterocycles. The molecular formula is C11H18N2O2. The highest BCUT2D eigenvalue weighted by Crippen LogP contribution is 2.23. The lowest BCUT2D eigenvalue weighted by Crippen LogP contribution is -2.18. The topological polar surface area (TPSA) is 67.5 Å². The van der Waals surface area contributed by atoms with E-state index in [-0.39, 0.29) is 6.10 Å². The predicted octanol–water partition coefficient (Wildman–Crippen LogP) is 1.46. The fourth-order valence-electron chi connectivity index (χ4n) is 1.20. The van der Waals surface area contributed by atoms with Crippen molar-refractivity contribution in [2.45, 2.75) is 19.4 Å². The van der Waals surface area contributed by atoms with Crippen LogP contribution in [-0.4, -0.2) is 24.9 Å². The lowest BCUT2D eigenvalue weighted by molar-refractivity contribution is 0.183. The minimum Gasteiger partial charge on any atom is -0.497 e. The van der Waals surface area contributed by atoms with E-state index in [1.165, 1.54) is 0 Å². The summed E-state index contributed by atoms with van der Waals surface area (Å²) >= 11 is 0. The Kier molecular flexibility index (Phi) is 4.24. The molecule has 0 saturated carbocycles. The molecule has 0 saturated heterocycles. The Hall–Kier alpha value is -1.42. The van der Waals surface area contributed by atoms with Crippen molar-refractivity contribution in [1.82, 2.24) is 0 Å². The summed E-state index contributed by atoms with van der Waals surface area (Å²) in [4.78, 5) is 0. The van der Waals surface area contributed by atoms with E-state index in [0.717, 1.165) is 17.9 Å². The zero-order valence-corrected chi connectivity index (χ0v) is 9.16. The van der Waals surface area contributed by atoms with Crippen LogP contribution in [0.3, 0.4) is 0 Å². The van der Waals surface area contributed by atoms with Crippen molar-refractivity contribution >= 4 is 11.4 Å². The van der Waals surface area contributed by atoms with Gasteiger partial charge in [-0.15, -0.1) is 0 Å². The maximum atomic E-state index is 9.38. The summed E-state index contributed by atoms with van der Waals surface area (Å²) < 4.78 is 5.04. The number of aliphatic hydroxyl groups excluding tert-OH is 1. The second-order valence-corrected chi connectivity index (χ2v) is 3.40. The number of anilines is 2. The van der Waals surface area contributed by atoms with Crippen LogP contribution in [0.15, 0.2) is 18.2 Å². The third-order valence-corrected chi connectivity index (χ3v) is 2.26. The molecule has 1 aromatic rings. The van der Waals surface area contributed by atoms with Crippen LogP contribution in [0.4, 0.5) is 11.4 Å². The monoisotopic (exact) mass is 210 g/mol. The van der Waals surface area contributed by atoms with Crippen molar-refractivity contribution in [3.63, 3.8) is 0 Å². The Morgan fingerprint density at radius 2 is 2.27 bits per heavy atom. The maximum Gasteiger partial charge on any atom is 0.121 e. The average molecular weight is 210 g/mol. The van der Waals surface area contributed by atoms with Gasteiger partial charge in [0, 0.05) is 12.6 Å². The van der Waals surface area contributed by atoms with Gasteiger partial charge in [0.1, 0.15) is 5.75 Å². The fourth-order valence-corrected chi connectivity index (χ4v) is 1.20. The quantitative estimate of drug-likeness (QED) is 0.644. The molecule has 1 atom stereocenters. The first-order valence-corrected chi connectivity index (χ1v) is 5.02. The molecule has 1 unspecified atom stereocenters. The number of nitrogens with two attached hydrogens (primary N) is 1. The van der Waals surface area contributed by atoms with E-state index >= 15 is 0 Å². The molecule has 0 aliphatic carbocycles. The van der Waals surface area contributed by atoms with Gasteiger partial charge < -0.3 is 20.9 Å². The molecule has 4 nitrogen and oxygen atoms in total. The molecule has 0 fully saturated rings. The van der Waals surface area contributed by atoms with Gasteiger partial charge in [-0.2, -0.15) is 0 Å². The molecule has 1 aromatic carbocycles. The molecule has 0 amide bonds. The number of hydrogen-bond acceptors (Lipinski definition) is 4. The van der Waals surface area contributed by atoms with Crippen LogP contribution < -0.4 is 15.8 Å². The largest absolute Gasteiger partial charge is 0.497 e. The molecule has 1 rings (SSSR count). The van der Waals surface area contributed by atoms with Crippen LogP contribution in [0.5, 0.6) is 5.75 Å². The van der Waals surface area contributed by atoms with Crippen LogP contribution in [0, 0.1) is 0 Å². The van der Waals surface area contributed by atoms with Gasteiger partial charge in [0.15, 0.2) is 0 Å². The number of nitrogens with one attached hydrogen (secondary N) is 1. The maximum absolute atomic E-state index is 9.38. The number of aliphatic hydroxyl groups is 1. The fraction of sp³-hybridized carbons (Fsp3) is 0.455. The van der Waals surface area contributed by atoms with Crippen molar-refractivity contribution in [3.8, 4) is 5.75 Å². The number of rotatable bonds is 5. The Labute approximate surface area is 90.1 Å². The molecule has 0 heterocycles. The number of methoxy groups -OCH3 is 1. The Balaban J connectivity index is 2.62. The molecular weight excluding hydrogens is 192 g/mol. The van der Waals surface area contributed by atoms with Crippen molar-refractivity contribution < 1.29 is 9.84 Å². The summed E-state index contributed by atoms with van der Waals surface area (Å²) in [5.41, 5.74) is 7.25. The van der Waals surface area contributed by atoms with Gasteiger partial charge in [-0.3, -0.25) is 0 Å². The number of ether oxygens (including phenoxy) is 1. The summed E-state index contributed by atoms with van der Waals surface area (Å²) in [6.07, 6.45) is 0.384. The number of benzene rings is 1. The third-order valence-electron chi connectivity index (χ3n) is 2.26. The van der Waals surface area contributed by atoms with Crippen LogP contribution in [-0.2, 0) is 0 Å². The summed E-state index contributed by atoms with van der Waals surface area (Å²) in [5, 5.41) is 12.5. The van der Waals surface area contributed by atoms with Crippen molar-refractivity contribution in [2.75, 3.05) is 24.7 Å². The second-order valence-electron chi connectivity index (χ2n) is 3.40. The van der Waals surface area contributed by atoms with Crippen LogP contribution >= 0.6 is 0 Å². The first-order valence-electron chi connectivity index (χ1n) is 5.02. The van der Waals surface area contributed by atoms with Crippen molar-refractivity contribution in [3.05, 3.63) is 18.2 Å². The minimum atomic E-state index is -0.341. The number of nitrogen functional groups attached to an aromatic ring is 1. The van der Waals surface area contributed by atoms with Gasteiger partial charge in [-0.25, -0.2) is 0 Å². The molecule has 15 heavy (non-hydrogen) atoms. The standard InChI is InChI=1S/C11H18N2O2/c1-3-8(14)7-13-11-5-4-9(15-2)6-10(11)12/h4-6,8,13-14H,3,7,12H2,1-2H3. The Morgan fingerprint density at radius 1 is 1.53 bits per heavy atom. The molecule has 4 heteroatoms. The smallest absolute Gasteiger partial charge is 0.121 e. The summed E-state index contributed by atoms with van der Waals surface area (Å²) in [6.45, 7) is 2.44. The van der Waals surface area contributed by atoms with E-state index in [9.17, 15) is 5.11 Å². The first-order chi connectivity index (χ1) is 7.17. The van der Waals surface area contributed by atoms with Gasteiger partial charge >= 0.3 is 0 Å². The van der Waals surface area contributed by atoms with Crippen molar-refractivity contribution in [1.29, 1.82) is 0 Å². The van der Waals surface area contributed by atoms with Gasteiger partial charge in [0.2, 0.25) is 0 Å². The Bertz CT molecular complexity index is 315. The van der Waals surface area contributed by atoms with Gasteiger partial charge in [0.05, 0.1) is 24.6 Å². The van der Waals surface area contributed by atoms with E-state index in [2.05, 4.69) is 5.32 Å². The lowest BCUT2D eigenvalue weighted by atomic mass is 10.2. The van der Waals surface area contributed by atoms with E-state index in [1.807, 2.05) is 19.1 Å². The van der Waals surface area contributed by atoms with E-state index < -0.39 is 0 Å².